The third kappa shape index (κ3) is 10.4. The fraction of sp³-hybridized carbons (Fsp3) is 0. The van der Waals surface area contributed by atoms with E-state index in [4.69, 9.17) is 15.3 Å². The van der Waals surface area contributed by atoms with Gasteiger partial charge in [-0.15, -0.1) is 0 Å². The zero-order valence-corrected chi connectivity index (χ0v) is 18.4. The van der Waals surface area contributed by atoms with Crippen LogP contribution in [0.1, 0.15) is 31.1 Å². The van der Waals surface area contributed by atoms with E-state index in [1.807, 2.05) is 0 Å². The minimum Gasteiger partial charge on any atom is -0.478 e. The van der Waals surface area contributed by atoms with Crippen LogP contribution in [0.25, 0.3) is 0 Å². The van der Waals surface area contributed by atoms with Gasteiger partial charge in [-0.2, -0.15) is 0 Å². The number of hydrogen-bond donors (Lipinski definition) is 3. The van der Waals surface area contributed by atoms with Crippen LogP contribution in [0.2, 0.25) is 0 Å². The van der Waals surface area contributed by atoms with Crippen LogP contribution < -0.4 is 0 Å². The average Bonchev–Trinajstić information content (AvgIpc) is 2.71. The third-order valence-electron chi connectivity index (χ3n) is 3.06. The Bertz CT molecular complexity index is 734. The maximum absolute atomic E-state index is 10.2. The maximum Gasteiger partial charge on any atom is 0.335 e. The number of aromatic carboxylic acids is 3. The Morgan fingerprint density at radius 2 is 0.607 bits per heavy atom. The summed E-state index contributed by atoms with van der Waals surface area (Å²) in [5.41, 5.74) is 0.993. The minimum absolute atomic E-state index is 0. The Labute approximate surface area is 190 Å². The molecule has 0 aliphatic heterocycles. The van der Waals surface area contributed by atoms with E-state index in [1.165, 1.54) is 0 Å². The van der Waals surface area contributed by atoms with E-state index in [-0.39, 0.29) is 35.6 Å². The van der Waals surface area contributed by atoms with Crippen molar-refractivity contribution in [2.24, 2.45) is 0 Å². The first-order valence-corrected chi connectivity index (χ1v) is 7.77. The molecule has 1 radical (unpaired) electrons. The van der Waals surface area contributed by atoms with Crippen LogP contribution in [0.15, 0.2) is 91.0 Å². The molecule has 3 aromatic rings. The van der Waals surface area contributed by atoms with Gasteiger partial charge in [0, 0.05) is 35.6 Å². The second kappa shape index (κ2) is 14.3. The minimum atomic E-state index is -0.879. The van der Waals surface area contributed by atoms with E-state index in [0.29, 0.717) is 16.7 Å². The van der Waals surface area contributed by atoms with E-state index in [1.54, 1.807) is 91.0 Å². The molecule has 0 aromatic heterocycles. The molecule has 3 N–H and O–H groups in total. The van der Waals surface area contributed by atoms with Crippen molar-refractivity contribution in [1.82, 2.24) is 0 Å². The molecule has 0 fully saturated rings. The molecule has 0 saturated carbocycles. The zero-order valence-electron chi connectivity index (χ0n) is 14.8. The predicted octanol–water partition coefficient (Wildman–Crippen LogP) is 4.15. The molecule has 7 heteroatoms. The van der Waals surface area contributed by atoms with Gasteiger partial charge < -0.3 is 15.3 Å². The molecular formula is C21H18LaO6. The van der Waals surface area contributed by atoms with Gasteiger partial charge in [-0.1, -0.05) is 54.6 Å². The van der Waals surface area contributed by atoms with E-state index in [2.05, 4.69) is 0 Å². The van der Waals surface area contributed by atoms with E-state index in [9.17, 15) is 14.4 Å². The summed E-state index contributed by atoms with van der Waals surface area (Å²) in [4.78, 5) is 30.6. The normalized spacial score (nSPS) is 8.57. The van der Waals surface area contributed by atoms with Gasteiger partial charge in [0.1, 0.15) is 0 Å². The summed E-state index contributed by atoms with van der Waals surface area (Å²) in [5, 5.41) is 25.2. The Kier molecular flexibility index (Phi) is 12.9. The van der Waals surface area contributed by atoms with Gasteiger partial charge in [0.15, 0.2) is 0 Å². The van der Waals surface area contributed by atoms with Crippen molar-refractivity contribution in [3.8, 4) is 0 Å². The number of carboxylic acid groups (broad SMARTS) is 3. The summed E-state index contributed by atoms with van der Waals surface area (Å²) in [7, 11) is 0. The predicted molar refractivity (Wildman–Crippen MR) is 100 cm³/mol. The van der Waals surface area contributed by atoms with Crippen LogP contribution in [0.3, 0.4) is 0 Å². The summed E-state index contributed by atoms with van der Waals surface area (Å²) in [6.07, 6.45) is 0. The van der Waals surface area contributed by atoms with Crippen LogP contribution in [0, 0.1) is 35.6 Å². The summed E-state index contributed by atoms with van der Waals surface area (Å²) in [6.45, 7) is 0. The Balaban J connectivity index is 0.000000384. The number of carboxylic acids is 3. The molecule has 0 bridgehead atoms. The van der Waals surface area contributed by atoms with Gasteiger partial charge in [-0.25, -0.2) is 14.4 Å². The van der Waals surface area contributed by atoms with Crippen LogP contribution in [0.5, 0.6) is 0 Å². The quantitative estimate of drug-likeness (QED) is 0.493. The van der Waals surface area contributed by atoms with Gasteiger partial charge >= 0.3 is 17.9 Å². The monoisotopic (exact) mass is 505 g/mol. The molecule has 28 heavy (non-hydrogen) atoms. The van der Waals surface area contributed by atoms with Crippen molar-refractivity contribution in [2.45, 2.75) is 0 Å². The van der Waals surface area contributed by atoms with Crippen LogP contribution in [-0.2, 0) is 0 Å². The van der Waals surface area contributed by atoms with Gasteiger partial charge in [0.25, 0.3) is 0 Å². The van der Waals surface area contributed by atoms with Gasteiger partial charge in [0.05, 0.1) is 16.7 Å². The topological polar surface area (TPSA) is 112 Å². The van der Waals surface area contributed by atoms with Crippen LogP contribution >= 0.6 is 0 Å². The number of benzene rings is 3. The van der Waals surface area contributed by atoms with Crippen molar-refractivity contribution >= 4 is 17.9 Å². The smallest absolute Gasteiger partial charge is 0.335 e. The number of carbonyl (C=O) groups is 3. The molecule has 0 saturated heterocycles. The Morgan fingerprint density at radius 1 is 0.429 bits per heavy atom. The standard InChI is InChI=1S/3C7H6O2.La/c3*8-7(9)6-4-2-1-3-5-6;/h3*1-5H,(H,8,9);. The summed E-state index contributed by atoms with van der Waals surface area (Å²) in [6, 6.07) is 24.9. The number of hydrogen-bond acceptors (Lipinski definition) is 3. The molecule has 0 unspecified atom stereocenters. The Hall–Kier alpha value is -2.74. The molecule has 0 atom stereocenters. The molecule has 0 heterocycles. The first-order valence-electron chi connectivity index (χ1n) is 7.77. The van der Waals surface area contributed by atoms with E-state index in [0.717, 1.165) is 0 Å². The molecule has 0 aliphatic rings. The second-order valence-electron chi connectivity index (χ2n) is 5.01. The summed E-state index contributed by atoms with van der Waals surface area (Å²) < 4.78 is 0. The fourth-order valence-electron chi connectivity index (χ4n) is 1.74. The average molecular weight is 505 g/mol. The first-order chi connectivity index (χ1) is 12.9. The van der Waals surface area contributed by atoms with Crippen molar-refractivity contribution in [3.63, 3.8) is 0 Å². The fourth-order valence-corrected chi connectivity index (χ4v) is 1.74. The van der Waals surface area contributed by atoms with Crippen molar-refractivity contribution in [2.75, 3.05) is 0 Å². The van der Waals surface area contributed by atoms with Gasteiger partial charge in [-0.05, 0) is 36.4 Å². The third-order valence-corrected chi connectivity index (χ3v) is 3.06. The molecule has 0 amide bonds. The first kappa shape index (κ1) is 25.3. The largest absolute Gasteiger partial charge is 0.478 e. The summed E-state index contributed by atoms with van der Waals surface area (Å²) in [5.74, 6) is -2.64. The molecule has 0 aliphatic carbocycles. The Morgan fingerprint density at radius 3 is 0.714 bits per heavy atom. The van der Waals surface area contributed by atoms with Crippen molar-refractivity contribution in [3.05, 3.63) is 108 Å². The SMILES string of the molecule is O=C(O)c1ccccc1.O=C(O)c1ccccc1.O=C(O)c1ccccc1.[La]. The molecular weight excluding hydrogens is 487 g/mol. The van der Waals surface area contributed by atoms with Gasteiger partial charge in [0.2, 0.25) is 0 Å². The van der Waals surface area contributed by atoms with Crippen LogP contribution in [0.4, 0.5) is 0 Å². The van der Waals surface area contributed by atoms with Gasteiger partial charge in [-0.3, -0.25) is 0 Å². The van der Waals surface area contributed by atoms with E-state index >= 15 is 0 Å². The zero-order chi connectivity index (χ0) is 20.1. The van der Waals surface area contributed by atoms with E-state index < -0.39 is 17.9 Å². The molecule has 3 rings (SSSR count). The molecule has 6 nitrogen and oxygen atoms in total. The second-order valence-corrected chi connectivity index (χ2v) is 5.01. The maximum atomic E-state index is 10.2. The molecule has 141 valence electrons. The summed E-state index contributed by atoms with van der Waals surface area (Å²) >= 11 is 0. The molecule has 0 spiro atoms. The molecule has 3 aromatic carbocycles. The van der Waals surface area contributed by atoms with Crippen LogP contribution in [-0.4, -0.2) is 33.2 Å². The number of rotatable bonds is 3. The van der Waals surface area contributed by atoms with Crippen molar-refractivity contribution in [1.29, 1.82) is 0 Å². The van der Waals surface area contributed by atoms with Crippen molar-refractivity contribution < 1.29 is 65.3 Å².